The highest BCUT2D eigenvalue weighted by molar-refractivity contribution is 5.76. The zero-order valence-corrected chi connectivity index (χ0v) is 9.40. The van der Waals surface area contributed by atoms with Crippen LogP contribution in [0.2, 0.25) is 0 Å². The first kappa shape index (κ1) is 9.89. The molecule has 0 aliphatic carbocycles. The summed E-state index contributed by atoms with van der Waals surface area (Å²) in [6.07, 6.45) is 5.35. The van der Waals surface area contributed by atoms with Crippen LogP contribution < -0.4 is 4.74 Å². The molecule has 0 bridgehead atoms. The smallest absolute Gasteiger partial charge is 0.138 e. The average molecular weight is 228 g/mol. The minimum absolute atomic E-state index is 0.471. The first-order valence-corrected chi connectivity index (χ1v) is 5.38. The lowest BCUT2D eigenvalue weighted by Gasteiger charge is -2.03. The molecule has 0 spiro atoms. The highest BCUT2D eigenvalue weighted by Crippen LogP contribution is 2.17. The molecule has 0 saturated carbocycles. The summed E-state index contributed by atoms with van der Waals surface area (Å²) in [7, 11) is 0. The molecule has 5 nitrogen and oxygen atoms in total. The molecule has 3 heterocycles. The number of hydrogen-bond donors (Lipinski definition) is 2. The van der Waals surface area contributed by atoms with Gasteiger partial charge in [-0.2, -0.15) is 0 Å². The molecule has 0 aliphatic rings. The summed E-state index contributed by atoms with van der Waals surface area (Å²) in [5.41, 5.74) is 1.83. The fourth-order valence-electron chi connectivity index (χ4n) is 1.70. The Morgan fingerprint density at radius 2 is 2.24 bits per heavy atom. The van der Waals surface area contributed by atoms with Crippen molar-refractivity contribution in [3.8, 4) is 5.75 Å². The van der Waals surface area contributed by atoms with E-state index in [1.54, 1.807) is 12.4 Å². The molecule has 0 atom stereocenters. The Bertz CT molecular complexity index is 641. The third-order valence-electron chi connectivity index (χ3n) is 2.52. The van der Waals surface area contributed by atoms with Crippen LogP contribution in [0, 0.1) is 6.92 Å². The van der Waals surface area contributed by atoms with E-state index in [1.165, 1.54) is 0 Å². The van der Waals surface area contributed by atoms with Crippen molar-refractivity contribution >= 4 is 11.0 Å². The average Bonchev–Trinajstić information content (AvgIpc) is 2.94. The number of fused-ring (bicyclic) bond motifs is 1. The molecule has 3 rings (SSSR count). The van der Waals surface area contributed by atoms with Crippen LogP contribution >= 0.6 is 0 Å². The molecule has 0 saturated heterocycles. The van der Waals surface area contributed by atoms with Gasteiger partial charge in [-0.25, -0.2) is 9.97 Å². The largest absolute Gasteiger partial charge is 0.486 e. The van der Waals surface area contributed by atoms with Crippen molar-refractivity contribution in [3.05, 3.63) is 42.2 Å². The Hall–Kier alpha value is -2.30. The molecular formula is C12H12N4O. The van der Waals surface area contributed by atoms with Crippen LogP contribution in [0.5, 0.6) is 5.75 Å². The number of nitrogens with zero attached hydrogens (tertiary/aromatic N) is 2. The second kappa shape index (κ2) is 3.93. The van der Waals surface area contributed by atoms with E-state index in [9.17, 15) is 0 Å². The van der Waals surface area contributed by atoms with E-state index in [0.717, 1.165) is 28.3 Å². The molecule has 0 unspecified atom stereocenters. The monoisotopic (exact) mass is 228 g/mol. The zero-order valence-electron chi connectivity index (χ0n) is 9.40. The maximum Gasteiger partial charge on any atom is 0.138 e. The van der Waals surface area contributed by atoms with E-state index in [0.29, 0.717) is 6.61 Å². The van der Waals surface area contributed by atoms with E-state index >= 15 is 0 Å². The fourth-order valence-corrected chi connectivity index (χ4v) is 1.70. The summed E-state index contributed by atoms with van der Waals surface area (Å²) in [6.45, 7) is 2.38. The maximum atomic E-state index is 5.64. The number of H-pyrrole nitrogens is 2. The quantitative estimate of drug-likeness (QED) is 0.722. The minimum atomic E-state index is 0.471. The van der Waals surface area contributed by atoms with Crippen molar-refractivity contribution < 1.29 is 4.74 Å². The number of aryl methyl sites for hydroxylation is 1. The van der Waals surface area contributed by atoms with Gasteiger partial charge in [-0.3, -0.25) is 0 Å². The van der Waals surface area contributed by atoms with Gasteiger partial charge < -0.3 is 14.7 Å². The summed E-state index contributed by atoms with van der Waals surface area (Å²) < 4.78 is 5.64. The molecule has 0 radical (unpaired) electrons. The lowest BCUT2D eigenvalue weighted by Crippen LogP contribution is -1.96. The summed E-state index contributed by atoms with van der Waals surface area (Å²) in [6, 6.07) is 3.93. The Kier molecular flexibility index (Phi) is 2.29. The molecule has 0 aliphatic heterocycles. The van der Waals surface area contributed by atoms with Crippen LogP contribution in [-0.2, 0) is 6.61 Å². The van der Waals surface area contributed by atoms with Gasteiger partial charge in [0.2, 0.25) is 0 Å². The van der Waals surface area contributed by atoms with Gasteiger partial charge in [0.05, 0.1) is 18.1 Å². The van der Waals surface area contributed by atoms with Crippen LogP contribution in [0.15, 0.2) is 30.7 Å². The molecule has 17 heavy (non-hydrogen) atoms. The third kappa shape index (κ3) is 1.99. The van der Waals surface area contributed by atoms with Crippen molar-refractivity contribution in [1.29, 1.82) is 0 Å². The van der Waals surface area contributed by atoms with Crippen molar-refractivity contribution in [2.45, 2.75) is 13.5 Å². The number of rotatable bonds is 3. The lowest BCUT2D eigenvalue weighted by molar-refractivity contribution is 0.301. The normalized spacial score (nSPS) is 10.9. The maximum absolute atomic E-state index is 5.64. The van der Waals surface area contributed by atoms with E-state index < -0.39 is 0 Å². The van der Waals surface area contributed by atoms with Crippen LogP contribution in [0.25, 0.3) is 11.0 Å². The minimum Gasteiger partial charge on any atom is -0.486 e. The molecule has 86 valence electrons. The first-order chi connectivity index (χ1) is 8.31. The first-order valence-electron chi connectivity index (χ1n) is 5.38. The summed E-state index contributed by atoms with van der Waals surface area (Å²) >= 11 is 0. The third-order valence-corrected chi connectivity index (χ3v) is 2.52. The number of aromatic amines is 2. The van der Waals surface area contributed by atoms with E-state index in [-0.39, 0.29) is 0 Å². The standard InChI is InChI=1S/C12H12N4O/c1-8-14-5-10(16-8)7-17-11-4-9-2-3-13-12(9)15-6-11/h2-6H,7H2,1H3,(H,13,15)(H,14,16). The Morgan fingerprint density at radius 1 is 1.29 bits per heavy atom. The number of imidazole rings is 1. The predicted molar refractivity (Wildman–Crippen MR) is 63.8 cm³/mol. The highest BCUT2D eigenvalue weighted by atomic mass is 16.5. The zero-order chi connectivity index (χ0) is 11.7. The predicted octanol–water partition coefficient (Wildman–Crippen LogP) is 2.17. The number of nitrogens with one attached hydrogen (secondary N) is 2. The van der Waals surface area contributed by atoms with Gasteiger partial charge in [0.15, 0.2) is 0 Å². The summed E-state index contributed by atoms with van der Waals surface area (Å²) in [4.78, 5) is 14.5. The van der Waals surface area contributed by atoms with Crippen molar-refractivity contribution in [3.63, 3.8) is 0 Å². The van der Waals surface area contributed by atoms with Crippen LogP contribution in [-0.4, -0.2) is 19.9 Å². The summed E-state index contributed by atoms with van der Waals surface area (Å²) in [5, 5.41) is 1.04. The van der Waals surface area contributed by atoms with E-state index in [4.69, 9.17) is 4.74 Å². The second-order valence-electron chi connectivity index (χ2n) is 3.87. The Labute approximate surface area is 97.9 Å². The topological polar surface area (TPSA) is 66.6 Å². The van der Waals surface area contributed by atoms with Crippen molar-refractivity contribution in [2.75, 3.05) is 0 Å². The van der Waals surface area contributed by atoms with Crippen LogP contribution in [0.4, 0.5) is 0 Å². The van der Waals surface area contributed by atoms with Gasteiger partial charge in [-0.05, 0) is 19.1 Å². The molecule has 0 aromatic carbocycles. The van der Waals surface area contributed by atoms with Crippen molar-refractivity contribution in [1.82, 2.24) is 19.9 Å². The number of pyridine rings is 1. The van der Waals surface area contributed by atoms with Gasteiger partial charge in [0.1, 0.15) is 23.8 Å². The fraction of sp³-hybridized carbons (Fsp3) is 0.167. The van der Waals surface area contributed by atoms with E-state index in [1.807, 2.05) is 25.3 Å². The second-order valence-corrected chi connectivity index (χ2v) is 3.87. The van der Waals surface area contributed by atoms with Gasteiger partial charge in [-0.1, -0.05) is 0 Å². The van der Waals surface area contributed by atoms with Gasteiger partial charge in [0.25, 0.3) is 0 Å². The number of aromatic nitrogens is 4. The van der Waals surface area contributed by atoms with Gasteiger partial charge >= 0.3 is 0 Å². The van der Waals surface area contributed by atoms with Crippen LogP contribution in [0.1, 0.15) is 11.5 Å². The molecule has 3 aromatic heterocycles. The van der Waals surface area contributed by atoms with E-state index in [2.05, 4.69) is 19.9 Å². The molecule has 2 N–H and O–H groups in total. The molecule has 0 amide bonds. The molecular weight excluding hydrogens is 216 g/mol. The Morgan fingerprint density at radius 3 is 3.06 bits per heavy atom. The number of ether oxygens (including phenoxy) is 1. The SMILES string of the molecule is Cc1ncc(COc2cnc3[nH]ccc3c2)[nH]1. The molecule has 3 aromatic rings. The molecule has 0 fully saturated rings. The lowest BCUT2D eigenvalue weighted by atomic mass is 10.3. The highest BCUT2D eigenvalue weighted by Gasteiger charge is 2.01. The summed E-state index contributed by atoms with van der Waals surface area (Å²) in [5.74, 6) is 1.65. The van der Waals surface area contributed by atoms with Gasteiger partial charge in [-0.15, -0.1) is 0 Å². The Balaban J connectivity index is 1.76. The molecule has 5 heteroatoms. The number of hydrogen-bond acceptors (Lipinski definition) is 3. The van der Waals surface area contributed by atoms with Crippen LogP contribution in [0.3, 0.4) is 0 Å². The van der Waals surface area contributed by atoms with Gasteiger partial charge in [0, 0.05) is 11.6 Å². The van der Waals surface area contributed by atoms with Crippen molar-refractivity contribution in [2.24, 2.45) is 0 Å².